The quantitative estimate of drug-likeness (QED) is 0.550. The lowest BCUT2D eigenvalue weighted by Crippen LogP contribution is -2.08. The van der Waals surface area contributed by atoms with E-state index in [-0.39, 0.29) is 11.5 Å². The summed E-state index contributed by atoms with van der Waals surface area (Å²) in [6, 6.07) is 7.23. The monoisotopic (exact) mass is 345 g/mol. The first-order valence-electron chi connectivity index (χ1n) is 7.29. The number of carbonyl (C=O) groups is 1. The van der Waals surface area contributed by atoms with Gasteiger partial charge in [0.25, 0.3) is 0 Å². The van der Waals surface area contributed by atoms with Crippen molar-refractivity contribution in [2.75, 3.05) is 26.6 Å². The molecule has 0 aromatic heterocycles. The van der Waals surface area contributed by atoms with Gasteiger partial charge in [-0.25, -0.2) is 0 Å². The van der Waals surface area contributed by atoms with Gasteiger partial charge in [0.15, 0.2) is 11.5 Å². The summed E-state index contributed by atoms with van der Waals surface area (Å²) in [4.78, 5) is 12.1. The average molecular weight is 345 g/mol. The van der Waals surface area contributed by atoms with E-state index in [1.165, 1.54) is 51.7 Å². The number of ether oxygens (including phenoxy) is 3. The SMILES string of the molecule is COc1cc(NC(=O)/C=C/c2cc(O)ccc2O)cc(OC)c1OC. The van der Waals surface area contributed by atoms with Crippen molar-refractivity contribution in [3.8, 4) is 28.7 Å². The first-order valence-corrected chi connectivity index (χ1v) is 7.29. The zero-order valence-electron chi connectivity index (χ0n) is 14.1. The summed E-state index contributed by atoms with van der Waals surface area (Å²) in [5, 5.41) is 21.8. The van der Waals surface area contributed by atoms with Gasteiger partial charge in [0.2, 0.25) is 11.7 Å². The summed E-state index contributed by atoms with van der Waals surface area (Å²) < 4.78 is 15.7. The third kappa shape index (κ3) is 4.35. The highest BCUT2D eigenvalue weighted by atomic mass is 16.5. The summed E-state index contributed by atoms with van der Waals surface area (Å²) in [6.45, 7) is 0. The van der Waals surface area contributed by atoms with Crippen LogP contribution in [0.15, 0.2) is 36.4 Å². The zero-order chi connectivity index (χ0) is 18.4. The van der Waals surface area contributed by atoms with E-state index < -0.39 is 5.91 Å². The molecule has 132 valence electrons. The Bertz CT molecular complexity index is 775. The number of aromatic hydroxyl groups is 2. The van der Waals surface area contributed by atoms with Crippen molar-refractivity contribution >= 4 is 17.7 Å². The summed E-state index contributed by atoms with van der Waals surface area (Å²) >= 11 is 0. The molecule has 0 spiro atoms. The van der Waals surface area contributed by atoms with Crippen molar-refractivity contribution in [3.05, 3.63) is 42.0 Å². The van der Waals surface area contributed by atoms with Gasteiger partial charge in [0.05, 0.1) is 21.3 Å². The fraction of sp³-hybridized carbons (Fsp3) is 0.167. The Morgan fingerprint density at radius 2 is 1.64 bits per heavy atom. The number of methoxy groups -OCH3 is 3. The predicted molar refractivity (Wildman–Crippen MR) is 93.5 cm³/mol. The van der Waals surface area contributed by atoms with Gasteiger partial charge in [-0.3, -0.25) is 4.79 Å². The average Bonchev–Trinajstić information content (AvgIpc) is 2.61. The van der Waals surface area contributed by atoms with Crippen molar-refractivity contribution in [1.82, 2.24) is 0 Å². The maximum Gasteiger partial charge on any atom is 0.248 e. The lowest BCUT2D eigenvalue weighted by molar-refractivity contribution is -0.111. The van der Waals surface area contributed by atoms with Gasteiger partial charge in [-0.2, -0.15) is 0 Å². The molecule has 25 heavy (non-hydrogen) atoms. The second-order valence-electron chi connectivity index (χ2n) is 4.98. The van der Waals surface area contributed by atoms with Crippen LogP contribution in [0.25, 0.3) is 6.08 Å². The summed E-state index contributed by atoms with van der Waals surface area (Å²) in [5.41, 5.74) is 0.768. The van der Waals surface area contributed by atoms with Crippen LogP contribution in [-0.4, -0.2) is 37.4 Å². The number of rotatable bonds is 6. The van der Waals surface area contributed by atoms with E-state index in [4.69, 9.17) is 14.2 Å². The fourth-order valence-corrected chi connectivity index (χ4v) is 2.18. The van der Waals surface area contributed by atoms with E-state index in [2.05, 4.69) is 5.32 Å². The number of carbonyl (C=O) groups excluding carboxylic acids is 1. The molecule has 0 saturated heterocycles. The molecule has 3 N–H and O–H groups in total. The maximum absolute atomic E-state index is 12.1. The van der Waals surface area contributed by atoms with E-state index in [1.807, 2.05) is 0 Å². The van der Waals surface area contributed by atoms with Crippen LogP contribution in [0.2, 0.25) is 0 Å². The van der Waals surface area contributed by atoms with Gasteiger partial charge in [0, 0.05) is 29.5 Å². The Hall–Kier alpha value is -3.35. The number of nitrogens with one attached hydrogen (secondary N) is 1. The van der Waals surface area contributed by atoms with Crippen LogP contribution >= 0.6 is 0 Å². The molecule has 0 unspecified atom stereocenters. The molecule has 0 aliphatic carbocycles. The minimum Gasteiger partial charge on any atom is -0.508 e. The lowest BCUT2D eigenvalue weighted by Gasteiger charge is -2.14. The van der Waals surface area contributed by atoms with E-state index in [1.54, 1.807) is 12.1 Å². The molecule has 7 nitrogen and oxygen atoms in total. The van der Waals surface area contributed by atoms with Crippen molar-refractivity contribution < 1.29 is 29.2 Å². The number of phenolic OH excluding ortho intramolecular Hbond substituents is 2. The maximum atomic E-state index is 12.1. The number of hydrogen-bond acceptors (Lipinski definition) is 6. The van der Waals surface area contributed by atoms with E-state index >= 15 is 0 Å². The summed E-state index contributed by atoms with van der Waals surface area (Å²) in [7, 11) is 4.45. The second kappa shape index (κ2) is 7.96. The number of phenols is 2. The van der Waals surface area contributed by atoms with Crippen LogP contribution < -0.4 is 19.5 Å². The molecule has 2 aromatic carbocycles. The molecule has 0 radical (unpaired) electrons. The standard InChI is InChI=1S/C18H19NO6/c1-23-15-9-12(10-16(24-2)18(15)25-3)19-17(22)7-4-11-8-13(20)5-6-14(11)21/h4-10,20-21H,1-3H3,(H,19,22)/b7-4+. The van der Waals surface area contributed by atoms with Crippen LogP contribution in [0.4, 0.5) is 5.69 Å². The minimum atomic E-state index is -0.433. The van der Waals surface area contributed by atoms with Gasteiger partial charge >= 0.3 is 0 Å². The van der Waals surface area contributed by atoms with Gasteiger partial charge in [-0.05, 0) is 24.3 Å². The molecule has 0 bridgehead atoms. The molecular formula is C18H19NO6. The predicted octanol–water partition coefficient (Wildman–Crippen LogP) is 2.78. The molecule has 7 heteroatoms. The van der Waals surface area contributed by atoms with Crippen molar-refractivity contribution in [3.63, 3.8) is 0 Å². The van der Waals surface area contributed by atoms with Crippen molar-refractivity contribution in [2.45, 2.75) is 0 Å². The molecule has 1 amide bonds. The number of amides is 1. The molecule has 0 aliphatic rings. The van der Waals surface area contributed by atoms with Gasteiger partial charge < -0.3 is 29.7 Å². The summed E-state index contributed by atoms with van der Waals surface area (Å²) in [5.74, 6) is 0.746. The molecule has 0 heterocycles. The highest BCUT2D eigenvalue weighted by Crippen LogP contribution is 2.39. The topological polar surface area (TPSA) is 97.3 Å². The highest BCUT2D eigenvalue weighted by molar-refractivity contribution is 6.02. The third-order valence-electron chi connectivity index (χ3n) is 3.36. The van der Waals surface area contributed by atoms with Crippen LogP contribution in [0.1, 0.15) is 5.56 Å². The zero-order valence-corrected chi connectivity index (χ0v) is 14.1. The van der Waals surface area contributed by atoms with Crippen LogP contribution in [-0.2, 0) is 4.79 Å². The number of anilines is 1. The molecule has 0 atom stereocenters. The van der Waals surface area contributed by atoms with Crippen LogP contribution in [0.3, 0.4) is 0 Å². The fourth-order valence-electron chi connectivity index (χ4n) is 2.18. The molecule has 2 aromatic rings. The molecule has 0 aliphatic heterocycles. The smallest absolute Gasteiger partial charge is 0.248 e. The Morgan fingerprint density at radius 1 is 1.00 bits per heavy atom. The number of hydrogen-bond donors (Lipinski definition) is 3. The Kier molecular flexibility index (Phi) is 5.73. The first kappa shape index (κ1) is 18.0. The molecule has 0 fully saturated rings. The number of benzene rings is 2. The Morgan fingerprint density at radius 3 is 2.20 bits per heavy atom. The van der Waals surface area contributed by atoms with E-state index in [0.29, 0.717) is 28.5 Å². The largest absolute Gasteiger partial charge is 0.508 e. The normalized spacial score (nSPS) is 10.5. The van der Waals surface area contributed by atoms with Crippen LogP contribution in [0.5, 0.6) is 28.7 Å². The van der Waals surface area contributed by atoms with Crippen molar-refractivity contribution in [1.29, 1.82) is 0 Å². The van der Waals surface area contributed by atoms with E-state index in [0.717, 1.165) is 0 Å². The third-order valence-corrected chi connectivity index (χ3v) is 3.36. The minimum absolute atomic E-state index is 0.0116. The Balaban J connectivity index is 2.20. The first-order chi connectivity index (χ1) is 12.0. The van der Waals surface area contributed by atoms with Gasteiger partial charge in [0.1, 0.15) is 11.5 Å². The molecular weight excluding hydrogens is 326 g/mol. The lowest BCUT2D eigenvalue weighted by atomic mass is 10.1. The summed E-state index contributed by atoms with van der Waals surface area (Å²) in [6.07, 6.45) is 2.63. The highest BCUT2D eigenvalue weighted by Gasteiger charge is 2.14. The van der Waals surface area contributed by atoms with Crippen LogP contribution in [0, 0.1) is 0 Å². The van der Waals surface area contributed by atoms with Gasteiger partial charge in [-0.1, -0.05) is 0 Å². The second-order valence-corrected chi connectivity index (χ2v) is 4.98. The van der Waals surface area contributed by atoms with Crippen molar-refractivity contribution in [2.24, 2.45) is 0 Å². The molecule has 2 rings (SSSR count). The van der Waals surface area contributed by atoms with E-state index in [9.17, 15) is 15.0 Å². The molecule has 0 saturated carbocycles. The Labute approximate surface area is 145 Å². The van der Waals surface area contributed by atoms with Gasteiger partial charge in [-0.15, -0.1) is 0 Å².